The van der Waals surface area contributed by atoms with E-state index in [1.165, 1.54) is 11.0 Å². The maximum Gasteiger partial charge on any atom is 0.254 e. The summed E-state index contributed by atoms with van der Waals surface area (Å²) in [5, 5.41) is 6.35. The third kappa shape index (κ3) is 4.86. The van der Waals surface area contributed by atoms with Crippen LogP contribution in [0.25, 0.3) is 5.69 Å². The lowest BCUT2D eigenvalue weighted by molar-refractivity contribution is -0.116. The SMILES string of the molecule is CCN(CC(=O)Nc1c(F)cccc1F)C(=O)c1ccc(-n2cc(Br)cn2)cc1. The van der Waals surface area contributed by atoms with Crippen molar-refractivity contribution >= 4 is 33.4 Å². The topological polar surface area (TPSA) is 67.2 Å². The Morgan fingerprint density at radius 2 is 1.79 bits per heavy atom. The lowest BCUT2D eigenvalue weighted by Gasteiger charge is -2.20. The fraction of sp³-hybridized carbons (Fsp3) is 0.150. The number of hydrogen-bond acceptors (Lipinski definition) is 3. The van der Waals surface area contributed by atoms with Crippen molar-refractivity contribution in [2.75, 3.05) is 18.4 Å². The molecule has 0 radical (unpaired) electrons. The summed E-state index contributed by atoms with van der Waals surface area (Å²) in [5.74, 6) is -2.82. The number of nitrogens with zero attached hydrogens (tertiary/aromatic N) is 3. The van der Waals surface area contributed by atoms with Gasteiger partial charge < -0.3 is 10.2 Å². The Labute approximate surface area is 174 Å². The number of benzene rings is 2. The second-order valence-electron chi connectivity index (χ2n) is 6.11. The van der Waals surface area contributed by atoms with Crippen molar-refractivity contribution in [2.24, 2.45) is 0 Å². The van der Waals surface area contributed by atoms with E-state index >= 15 is 0 Å². The van der Waals surface area contributed by atoms with Gasteiger partial charge in [-0.15, -0.1) is 0 Å². The average Bonchev–Trinajstić information content (AvgIpc) is 3.15. The first kappa shape index (κ1) is 20.7. The van der Waals surface area contributed by atoms with Crippen molar-refractivity contribution in [3.8, 4) is 5.69 Å². The van der Waals surface area contributed by atoms with E-state index in [0.717, 1.165) is 22.3 Å². The van der Waals surface area contributed by atoms with Crippen LogP contribution in [-0.4, -0.2) is 39.6 Å². The Morgan fingerprint density at radius 1 is 1.14 bits per heavy atom. The molecule has 3 rings (SSSR count). The summed E-state index contributed by atoms with van der Waals surface area (Å²) < 4.78 is 29.8. The first-order valence-corrected chi connectivity index (χ1v) is 9.52. The molecule has 3 aromatic rings. The van der Waals surface area contributed by atoms with E-state index < -0.39 is 23.2 Å². The minimum atomic E-state index is -0.881. The molecule has 1 N–H and O–H groups in total. The highest BCUT2D eigenvalue weighted by atomic mass is 79.9. The Morgan fingerprint density at radius 3 is 2.34 bits per heavy atom. The molecule has 0 saturated heterocycles. The first-order chi connectivity index (χ1) is 13.9. The second-order valence-corrected chi connectivity index (χ2v) is 7.03. The Balaban J connectivity index is 1.69. The molecule has 0 atom stereocenters. The fourth-order valence-corrected chi connectivity index (χ4v) is 2.96. The van der Waals surface area contributed by atoms with E-state index in [4.69, 9.17) is 0 Å². The largest absolute Gasteiger partial charge is 0.330 e. The lowest BCUT2D eigenvalue weighted by atomic mass is 10.1. The Kier molecular flexibility index (Phi) is 6.38. The third-order valence-corrected chi connectivity index (χ3v) is 4.57. The summed E-state index contributed by atoms with van der Waals surface area (Å²) in [6.07, 6.45) is 3.43. The van der Waals surface area contributed by atoms with Gasteiger partial charge >= 0.3 is 0 Å². The number of hydrogen-bond donors (Lipinski definition) is 1. The van der Waals surface area contributed by atoms with Gasteiger partial charge in [-0.3, -0.25) is 9.59 Å². The molecule has 0 aliphatic heterocycles. The molecule has 150 valence electrons. The third-order valence-electron chi connectivity index (χ3n) is 4.16. The van der Waals surface area contributed by atoms with Gasteiger partial charge in [0.25, 0.3) is 5.91 Å². The summed E-state index contributed by atoms with van der Waals surface area (Å²) in [6, 6.07) is 10.0. The number of anilines is 1. The van der Waals surface area contributed by atoms with Gasteiger partial charge in [0, 0.05) is 18.3 Å². The van der Waals surface area contributed by atoms with Crippen LogP contribution in [0.4, 0.5) is 14.5 Å². The van der Waals surface area contributed by atoms with E-state index in [1.54, 1.807) is 48.3 Å². The molecule has 0 saturated carbocycles. The molecule has 0 aliphatic rings. The number of halogens is 3. The fourth-order valence-electron chi connectivity index (χ4n) is 2.68. The summed E-state index contributed by atoms with van der Waals surface area (Å²) in [4.78, 5) is 26.2. The summed E-state index contributed by atoms with van der Waals surface area (Å²) in [5.41, 5.74) is 0.616. The highest BCUT2D eigenvalue weighted by Crippen LogP contribution is 2.18. The molecule has 29 heavy (non-hydrogen) atoms. The zero-order chi connectivity index (χ0) is 21.0. The maximum absolute atomic E-state index is 13.7. The van der Waals surface area contributed by atoms with Crippen LogP contribution in [0.15, 0.2) is 59.3 Å². The molecule has 0 aliphatic carbocycles. The van der Waals surface area contributed by atoms with Gasteiger partial charge in [0.2, 0.25) is 5.91 Å². The zero-order valence-electron chi connectivity index (χ0n) is 15.4. The molecular formula is C20H17BrF2N4O2. The van der Waals surface area contributed by atoms with Gasteiger partial charge in [0.05, 0.1) is 16.4 Å². The first-order valence-electron chi connectivity index (χ1n) is 8.72. The maximum atomic E-state index is 13.7. The van der Waals surface area contributed by atoms with Crippen molar-refractivity contribution in [1.29, 1.82) is 0 Å². The standard InChI is InChI=1S/C20H17BrF2N4O2/c1-2-26(12-18(28)25-19-16(22)4-3-5-17(19)23)20(29)13-6-8-15(9-7-13)27-11-14(21)10-24-27/h3-11H,2,12H2,1H3,(H,25,28). The van der Waals surface area contributed by atoms with E-state index in [0.29, 0.717) is 5.56 Å². The van der Waals surface area contributed by atoms with Crippen LogP contribution in [0.1, 0.15) is 17.3 Å². The monoisotopic (exact) mass is 462 g/mol. The van der Waals surface area contributed by atoms with E-state index in [2.05, 4.69) is 26.3 Å². The Bertz CT molecular complexity index is 1020. The quantitative estimate of drug-likeness (QED) is 0.601. The van der Waals surface area contributed by atoms with Gasteiger partial charge in [0.1, 0.15) is 23.9 Å². The molecular weight excluding hydrogens is 446 g/mol. The number of carbonyl (C=O) groups excluding carboxylic acids is 2. The van der Waals surface area contributed by atoms with Crippen LogP contribution >= 0.6 is 15.9 Å². The predicted octanol–water partition coefficient (Wildman–Crippen LogP) is 4.01. The van der Waals surface area contributed by atoms with Crippen molar-refractivity contribution in [2.45, 2.75) is 6.92 Å². The number of aromatic nitrogens is 2. The number of likely N-dealkylation sites (N-methyl/N-ethyl adjacent to an activating group) is 1. The van der Waals surface area contributed by atoms with Crippen molar-refractivity contribution < 1.29 is 18.4 Å². The molecule has 0 fully saturated rings. The highest BCUT2D eigenvalue weighted by Gasteiger charge is 2.19. The molecule has 0 bridgehead atoms. The molecule has 2 aromatic carbocycles. The minimum Gasteiger partial charge on any atom is -0.330 e. The average molecular weight is 463 g/mol. The van der Waals surface area contributed by atoms with Crippen LogP contribution in [0.3, 0.4) is 0 Å². The van der Waals surface area contributed by atoms with Gasteiger partial charge in [-0.05, 0) is 59.3 Å². The summed E-state index contributed by atoms with van der Waals surface area (Å²) >= 11 is 3.32. The number of para-hydroxylation sites is 1. The smallest absolute Gasteiger partial charge is 0.254 e. The van der Waals surface area contributed by atoms with Crippen molar-refractivity contribution in [3.63, 3.8) is 0 Å². The van der Waals surface area contributed by atoms with Gasteiger partial charge in [0.15, 0.2) is 0 Å². The van der Waals surface area contributed by atoms with Gasteiger partial charge in [-0.2, -0.15) is 5.10 Å². The van der Waals surface area contributed by atoms with Crippen LogP contribution < -0.4 is 5.32 Å². The summed E-state index contributed by atoms with van der Waals surface area (Å²) in [6.45, 7) is 1.63. The van der Waals surface area contributed by atoms with Crippen molar-refractivity contribution in [1.82, 2.24) is 14.7 Å². The van der Waals surface area contributed by atoms with Crippen molar-refractivity contribution in [3.05, 3.63) is 76.5 Å². The normalized spacial score (nSPS) is 10.6. The molecule has 1 aromatic heterocycles. The van der Waals surface area contributed by atoms with Crippen LogP contribution in [0, 0.1) is 11.6 Å². The molecule has 2 amide bonds. The lowest BCUT2D eigenvalue weighted by Crippen LogP contribution is -2.38. The highest BCUT2D eigenvalue weighted by molar-refractivity contribution is 9.10. The van der Waals surface area contributed by atoms with Gasteiger partial charge in [-0.25, -0.2) is 13.5 Å². The molecule has 9 heteroatoms. The summed E-state index contributed by atoms with van der Waals surface area (Å²) in [7, 11) is 0. The van der Waals surface area contributed by atoms with E-state index in [1.807, 2.05) is 0 Å². The Hall–Kier alpha value is -3.07. The van der Waals surface area contributed by atoms with Gasteiger partial charge in [-0.1, -0.05) is 6.07 Å². The molecule has 0 spiro atoms. The minimum absolute atomic E-state index is 0.250. The predicted molar refractivity (Wildman–Crippen MR) is 108 cm³/mol. The molecule has 1 heterocycles. The number of rotatable bonds is 6. The van der Waals surface area contributed by atoms with Crippen LogP contribution in [0.2, 0.25) is 0 Å². The van der Waals surface area contributed by atoms with Crippen LogP contribution in [0.5, 0.6) is 0 Å². The number of nitrogens with one attached hydrogen (secondary N) is 1. The second kappa shape index (κ2) is 8.95. The van der Waals surface area contributed by atoms with Crippen LogP contribution in [-0.2, 0) is 4.79 Å². The van der Waals surface area contributed by atoms with E-state index in [9.17, 15) is 18.4 Å². The number of amides is 2. The molecule has 6 nitrogen and oxygen atoms in total. The number of carbonyl (C=O) groups is 2. The molecule has 0 unspecified atom stereocenters. The van der Waals surface area contributed by atoms with E-state index in [-0.39, 0.29) is 19.0 Å². The zero-order valence-corrected chi connectivity index (χ0v) is 17.0.